The van der Waals surface area contributed by atoms with Crippen molar-refractivity contribution in [3.63, 3.8) is 0 Å². The molecule has 0 aliphatic carbocycles. The summed E-state index contributed by atoms with van der Waals surface area (Å²) in [6, 6.07) is 24.0. The average Bonchev–Trinajstić information content (AvgIpc) is 3.35. The van der Waals surface area contributed by atoms with Gasteiger partial charge in [0, 0.05) is 12.6 Å². The fraction of sp³-hybridized carbons (Fsp3) is 0.276. The number of hydroxylamine groups is 2. The predicted octanol–water partition coefficient (Wildman–Crippen LogP) is 5.69. The number of nitrogens with zero attached hydrogens (tertiary/aromatic N) is 2. The van der Waals surface area contributed by atoms with E-state index in [-0.39, 0.29) is 11.8 Å². The summed E-state index contributed by atoms with van der Waals surface area (Å²) in [6.07, 6.45) is 0. The first-order valence-corrected chi connectivity index (χ1v) is 12.2. The Bertz CT molecular complexity index is 1220. The van der Waals surface area contributed by atoms with Crippen molar-refractivity contribution in [2.45, 2.75) is 39.9 Å². The zero-order chi connectivity index (χ0) is 25.5. The Kier molecular flexibility index (Phi) is 8.13. The lowest BCUT2D eigenvalue weighted by Gasteiger charge is -2.21. The molecule has 3 aromatic rings. The number of oxime groups is 1. The van der Waals surface area contributed by atoms with Crippen molar-refractivity contribution in [1.29, 1.82) is 0 Å². The van der Waals surface area contributed by atoms with Gasteiger partial charge in [-0.05, 0) is 35.6 Å². The smallest absolute Gasteiger partial charge is 0.171 e. The third kappa shape index (κ3) is 5.80. The Morgan fingerprint density at radius 3 is 2.08 bits per heavy atom. The van der Waals surface area contributed by atoms with Crippen LogP contribution >= 0.6 is 0 Å². The minimum absolute atomic E-state index is 0.0189. The molecule has 7 heteroatoms. The maximum absolute atomic E-state index is 9.41. The predicted molar refractivity (Wildman–Crippen MR) is 141 cm³/mol. The monoisotopic (exact) mass is 487 g/mol. The molecule has 1 heterocycles. The lowest BCUT2D eigenvalue weighted by Crippen LogP contribution is -2.23. The highest BCUT2D eigenvalue weighted by Crippen LogP contribution is 2.41. The lowest BCUT2D eigenvalue weighted by molar-refractivity contribution is -0.0564. The second-order valence-electron chi connectivity index (χ2n) is 8.93. The lowest BCUT2D eigenvalue weighted by atomic mass is 9.96. The Labute approximate surface area is 212 Å². The second kappa shape index (κ2) is 11.6. The van der Waals surface area contributed by atoms with Crippen LogP contribution in [0.4, 0.5) is 0 Å². The van der Waals surface area contributed by atoms with Crippen LogP contribution in [0.15, 0.2) is 83.5 Å². The van der Waals surface area contributed by atoms with E-state index in [4.69, 9.17) is 20.0 Å². The summed E-state index contributed by atoms with van der Waals surface area (Å²) >= 11 is 0. The molecule has 3 N–H and O–H groups in total. The standard InChI is InChI=1S/C29H33N3O4/c1-4-32-17-25(29(30)31-33)28(36-32)24-15-23(20(2)3)26(34-18-21-11-7-5-8-12-21)16-27(24)35-19-22-13-9-6-10-14-22/h5-16,20,33H,4,17-19H2,1-3H3,(H2,30,31). The van der Waals surface area contributed by atoms with Gasteiger partial charge in [-0.15, -0.1) is 5.06 Å². The van der Waals surface area contributed by atoms with Gasteiger partial charge in [-0.1, -0.05) is 79.7 Å². The topological polar surface area (TPSA) is 89.5 Å². The van der Waals surface area contributed by atoms with Gasteiger partial charge in [0.05, 0.1) is 17.7 Å². The normalized spacial score (nSPS) is 14.3. The molecule has 0 saturated heterocycles. The number of amidine groups is 1. The van der Waals surface area contributed by atoms with Crippen LogP contribution < -0.4 is 15.2 Å². The molecule has 0 spiro atoms. The minimum atomic E-state index is 0.0189. The van der Waals surface area contributed by atoms with Gasteiger partial charge in [-0.2, -0.15) is 0 Å². The molecule has 0 aromatic heterocycles. The molecular weight excluding hydrogens is 454 g/mol. The molecule has 1 aliphatic heterocycles. The van der Waals surface area contributed by atoms with Crippen molar-refractivity contribution in [1.82, 2.24) is 5.06 Å². The van der Waals surface area contributed by atoms with Gasteiger partial charge < -0.3 is 25.3 Å². The van der Waals surface area contributed by atoms with E-state index in [1.165, 1.54) is 0 Å². The molecule has 0 saturated carbocycles. The molecule has 0 atom stereocenters. The molecule has 0 fully saturated rings. The third-order valence-corrected chi connectivity index (χ3v) is 6.05. The van der Waals surface area contributed by atoms with Crippen LogP contribution in [0.5, 0.6) is 11.5 Å². The highest BCUT2D eigenvalue weighted by Gasteiger charge is 2.30. The first kappa shape index (κ1) is 25.1. The van der Waals surface area contributed by atoms with Crippen LogP contribution in [0.3, 0.4) is 0 Å². The van der Waals surface area contributed by atoms with Crippen molar-refractivity contribution in [2.24, 2.45) is 10.9 Å². The third-order valence-electron chi connectivity index (χ3n) is 6.05. The van der Waals surface area contributed by atoms with Crippen LogP contribution in [0.25, 0.3) is 5.76 Å². The van der Waals surface area contributed by atoms with E-state index in [0.29, 0.717) is 43.4 Å². The van der Waals surface area contributed by atoms with Gasteiger partial charge in [0.2, 0.25) is 0 Å². The zero-order valence-corrected chi connectivity index (χ0v) is 21.0. The van der Waals surface area contributed by atoms with E-state index < -0.39 is 0 Å². The maximum atomic E-state index is 9.41. The molecule has 36 heavy (non-hydrogen) atoms. The zero-order valence-electron chi connectivity index (χ0n) is 21.0. The number of nitrogens with two attached hydrogens (primary N) is 1. The Balaban J connectivity index is 1.78. The van der Waals surface area contributed by atoms with Crippen LogP contribution in [-0.4, -0.2) is 29.2 Å². The molecule has 0 amide bonds. The highest BCUT2D eigenvalue weighted by atomic mass is 16.7. The number of hydrogen-bond donors (Lipinski definition) is 2. The molecular formula is C29H33N3O4. The highest BCUT2D eigenvalue weighted by molar-refractivity contribution is 6.04. The Hall–Kier alpha value is -3.97. The van der Waals surface area contributed by atoms with Crippen molar-refractivity contribution < 1.29 is 19.5 Å². The summed E-state index contributed by atoms with van der Waals surface area (Å²) in [5, 5.41) is 14.4. The SMILES string of the molecule is CCN1CC(C(N)=NO)=C(c2cc(C(C)C)c(OCc3ccccc3)cc2OCc2ccccc2)O1. The fourth-order valence-electron chi connectivity index (χ4n) is 4.03. The van der Waals surface area contributed by atoms with Crippen molar-refractivity contribution >= 4 is 11.6 Å². The van der Waals surface area contributed by atoms with Gasteiger partial charge in [0.15, 0.2) is 11.6 Å². The molecule has 0 radical (unpaired) electrons. The van der Waals surface area contributed by atoms with Gasteiger partial charge in [-0.25, -0.2) is 0 Å². The molecule has 0 bridgehead atoms. The van der Waals surface area contributed by atoms with Crippen molar-refractivity contribution in [2.75, 3.05) is 13.1 Å². The van der Waals surface area contributed by atoms with Crippen molar-refractivity contribution in [3.8, 4) is 11.5 Å². The van der Waals surface area contributed by atoms with Crippen LogP contribution in [0, 0.1) is 0 Å². The summed E-state index contributed by atoms with van der Waals surface area (Å²) in [4.78, 5) is 6.15. The van der Waals surface area contributed by atoms with Crippen LogP contribution in [0.2, 0.25) is 0 Å². The van der Waals surface area contributed by atoms with Gasteiger partial charge in [0.25, 0.3) is 0 Å². The largest absolute Gasteiger partial charge is 0.488 e. The maximum Gasteiger partial charge on any atom is 0.171 e. The summed E-state index contributed by atoms with van der Waals surface area (Å²) in [6.45, 7) is 8.08. The van der Waals surface area contributed by atoms with Gasteiger partial charge in [-0.3, -0.25) is 0 Å². The Morgan fingerprint density at radius 2 is 1.56 bits per heavy atom. The van der Waals surface area contributed by atoms with E-state index in [0.717, 1.165) is 28.0 Å². The van der Waals surface area contributed by atoms with E-state index in [9.17, 15) is 5.21 Å². The van der Waals surface area contributed by atoms with E-state index in [1.807, 2.05) is 79.7 Å². The number of ether oxygens (including phenoxy) is 2. The molecule has 4 rings (SSSR count). The van der Waals surface area contributed by atoms with E-state index >= 15 is 0 Å². The van der Waals surface area contributed by atoms with Crippen molar-refractivity contribution in [3.05, 3.63) is 101 Å². The minimum Gasteiger partial charge on any atom is -0.488 e. The summed E-state index contributed by atoms with van der Waals surface area (Å²) in [5.74, 6) is 2.06. The van der Waals surface area contributed by atoms with Crippen LogP contribution in [-0.2, 0) is 18.1 Å². The molecule has 188 valence electrons. The Morgan fingerprint density at radius 1 is 0.972 bits per heavy atom. The quantitative estimate of drug-likeness (QED) is 0.165. The molecule has 7 nitrogen and oxygen atoms in total. The molecule has 1 aliphatic rings. The summed E-state index contributed by atoms with van der Waals surface area (Å²) in [7, 11) is 0. The fourth-order valence-corrected chi connectivity index (χ4v) is 4.03. The summed E-state index contributed by atoms with van der Waals surface area (Å²) in [5.41, 5.74) is 10.5. The molecule has 0 unspecified atom stereocenters. The average molecular weight is 488 g/mol. The van der Waals surface area contributed by atoms with Crippen LogP contribution in [0.1, 0.15) is 48.9 Å². The van der Waals surface area contributed by atoms with E-state index in [2.05, 4.69) is 19.0 Å². The summed E-state index contributed by atoms with van der Waals surface area (Å²) < 4.78 is 12.6. The van der Waals surface area contributed by atoms with E-state index in [1.54, 1.807) is 5.06 Å². The van der Waals surface area contributed by atoms with Gasteiger partial charge in [0.1, 0.15) is 24.7 Å². The number of rotatable bonds is 10. The second-order valence-corrected chi connectivity index (χ2v) is 8.93. The number of benzene rings is 3. The van der Waals surface area contributed by atoms with Gasteiger partial charge >= 0.3 is 0 Å². The number of hydrogen-bond acceptors (Lipinski definition) is 6. The first-order chi connectivity index (χ1) is 17.5. The molecule has 3 aromatic carbocycles. The first-order valence-electron chi connectivity index (χ1n) is 12.2. The number of likely N-dealkylation sites (N-methyl/N-ethyl adjacent to an activating group) is 1.